The van der Waals surface area contributed by atoms with Gasteiger partial charge in [-0.3, -0.25) is 4.79 Å². The molecular formula is C15H18N4O2. The van der Waals surface area contributed by atoms with E-state index < -0.39 is 0 Å². The molecule has 1 aromatic carbocycles. The van der Waals surface area contributed by atoms with E-state index >= 15 is 0 Å². The molecule has 1 aliphatic rings. The molecule has 1 amide bonds. The molecule has 3 rings (SSSR count). The molecule has 1 atom stereocenters. The number of para-hydroxylation sites is 1. The molecule has 0 spiro atoms. The molecule has 21 heavy (non-hydrogen) atoms. The second-order valence-corrected chi connectivity index (χ2v) is 5.01. The summed E-state index contributed by atoms with van der Waals surface area (Å²) in [6.07, 6.45) is 4.40. The number of nitrogens with zero attached hydrogens (tertiary/aromatic N) is 4. The number of hydrogen-bond acceptors (Lipinski definition) is 4. The molecule has 6 heteroatoms. The van der Waals surface area contributed by atoms with Crippen LogP contribution in [-0.4, -0.2) is 45.5 Å². The lowest BCUT2D eigenvalue weighted by molar-refractivity contribution is 0.0783. The number of hydrogen-bond donors (Lipinski definition) is 0. The van der Waals surface area contributed by atoms with Crippen LogP contribution in [0, 0.1) is 0 Å². The topological polar surface area (TPSA) is 60.2 Å². The Morgan fingerprint density at radius 1 is 1.43 bits per heavy atom. The maximum Gasteiger partial charge on any atom is 0.257 e. The standard InChI is InChI=1S/C15H18N4O2/c1-2-21-14-6-4-3-5-13(14)15(20)18-9-7-12(11-18)19-10-8-16-17-19/h3-6,8,10,12H,2,7,9,11H2,1H3/t12-/m0/s1. The van der Waals surface area contributed by atoms with Crippen LogP contribution in [0.5, 0.6) is 5.75 Å². The van der Waals surface area contributed by atoms with Gasteiger partial charge in [0.25, 0.3) is 5.91 Å². The van der Waals surface area contributed by atoms with Gasteiger partial charge in [0.05, 0.1) is 24.4 Å². The Kier molecular flexibility index (Phi) is 3.85. The number of benzene rings is 1. The van der Waals surface area contributed by atoms with Crippen LogP contribution in [0.15, 0.2) is 36.7 Å². The Bertz CT molecular complexity index is 612. The summed E-state index contributed by atoms with van der Waals surface area (Å²) >= 11 is 0. The van der Waals surface area contributed by atoms with Crippen LogP contribution in [0.25, 0.3) is 0 Å². The molecule has 0 unspecified atom stereocenters. The van der Waals surface area contributed by atoms with Crippen molar-refractivity contribution < 1.29 is 9.53 Å². The SMILES string of the molecule is CCOc1ccccc1C(=O)N1CC[C@H](n2ccnn2)C1. The third-order valence-corrected chi connectivity index (χ3v) is 3.68. The highest BCUT2D eigenvalue weighted by atomic mass is 16.5. The normalized spacial score (nSPS) is 18.0. The van der Waals surface area contributed by atoms with E-state index in [4.69, 9.17) is 4.74 Å². The van der Waals surface area contributed by atoms with Crippen molar-refractivity contribution in [3.05, 3.63) is 42.2 Å². The van der Waals surface area contributed by atoms with E-state index in [2.05, 4.69) is 10.3 Å². The molecule has 0 bridgehead atoms. The van der Waals surface area contributed by atoms with E-state index in [1.807, 2.05) is 47.0 Å². The van der Waals surface area contributed by atoms with Crippen LogP contribution in [-0.2, 0) is 0 Å². The van der Waals surface area contributed by atoms with Crippen LogP contribution < -0.4 is 4.74 Å². The van der Waals surface area contributed by atoms with Gasteiger partial charge in [-0.05, 0) is 25.5 Å². The van der Waals surface area contributed by atoms with Gasteiger partial charge in [0, 0.05) is 19.3 Å². The van der Waals surface area contributed by atoms with E-state index in [1.165, 1.54) is 0 Å². The molecular weight excluding hydrogens is 268 g/mol. The first-order chi connectivity index (χ1) is 10.3. The summed E-state index contributed by atoms with van der Waals surface area (Å²) in [5.74, 6) is 0.663. The highest BCUT2D eigenvalue weighted by Gasteiger charge is 2.29. The summed E-state index contributed by atoms with van der Waals surface area (Å²) in [5.41, 5.74) is 0.624. The maximum absolute atomic E-state index is 12.7. The van der Waals surface area contributed by atoms with E-state index in [-0.39, 0.29) is 11.9 Å². The Morgan fingerprint density at radius 3 is 3.05 bits per heavy atom. The molecule has 0 N–H and O–H groups in total. The minimum Gasteiger partial charge on any atom is -0.493 e. The molecule has 110 valence electrons. The zero-order valence-electron chi connectivity index (χ0n) is 12.0. The predicted octanol–water partition coefficient (Wildman–Crippen LogP) is 1.76. The van der Waals surface area contributed by atoms with Crippen molar-refractivity contribution in [1.82, 2.24) is 19.9 Å². The van der Waals surface area contributed by atoms with Crippen molar-refractivity contribution in [1.29, 1.82) is 0 Å². The molecule has 0 radical (unpaired) electrons. The van der Waals surface area contributed by atoms with Crippen molar-refractivity contribution in [2.45, 2.75) is 19.4 Å². The van der Waals surface area contributed by atoms with Gasteiger partial charge in [-0.1, -0.05) is 17.3 Å². The molecule has 1 saturated heterocycles. The number of likely N-dealkylation sites (tertiary alicyclic amines) is 1. The van der Waals surface area contributed by atoms with Crippen molar-refractivity contribution in [2.75, 3.05) is 19.7 Å². The number of amides is 1. The third kappa shape index (κ3) is 2.74. The Labute approximate surface area is 123 Å². The fourth-order valence-electron chi connectivity index (χ4n) is 2.65. The fraction of sp³-hybridized carbons (Fsp3) is 0.400. The number of ether oxygens (including phenoxy) is 1. The van der Waals surface area contributed by atoms with Crippen LogP contribution in [0.4, 0.5) is 0 Å². The zero-order chi connectivity index (χ0) is 14.7. The third-order valence-electron chi connectivity index (χ3n) is 3.68. The van der Waals surface area contributed by atoms with Gasteiger partial charge in [0.2, 0.25) is 0 Å². The molecule has 2 heterocycles. The van der Waals surface area contributed by atoms with Crippen molar-refractivity contribution in [3.63, 3.8) is 0 Å². The van der Waals surface area contributed by atoms with E-state index in [0.29, 0.717) is 24.5 Å². The minimum atomic E-state index is 0.0154. The van der Waals surface area contributed by atoms with Crippen molar-refractivity contribution >= 4 is 5.91 Å². The highest BCUT2D eigenvalue weighted by molar-refractivity contribution is 5.97. The molecule has 6 nitrogen and oxygen atoms in total. The van der Waals surface area contributed by atoms with Gasteiger partial charge in [-0.25, -0.2) is 4.68 Å². The van der Waals surface area contributed by atoms with Gasteiger partial charge >= 0.3 is 0 Å². The number of rotatable bonds is 4. The molecule has 2 aromatic rings. The lowest BCUT2D eigenvalue weighted by Gasteiger charge is -2.18. The second-order valence-electron chi connectivity index (χ2n) is 5.01. The molecule has 1 aromatic heterocycles. The maximum atomic E-state index is 12.7. The predicted molar refractivity (Wildman–Crippen MR) is 77.2 cm³/mol. The summed E-state index contributed by atoms with van der Waals surface area (Å²) in [6, 6.07) is 7.60. The summed E-state index contributed by atoms with van der Waals surface area (Å²) in [7, 11) is 0. The average molecular weight is 286 g/mol. The molecule has 0 saturated carbocycles. The Hall–Kier alpha value is -2.37. The number of aromatic nitrogens is 3. The van der Waals surface area contributed by atoms with Gasteiger partial charge in [0.15, 0.2) is 0 Å². The summed E-state index contributed by atoms with van der Waals surface area (Å²) in [6.45, 7) is 3.84. The van der Waals surface area contributed by atoms with E-state index in [0.717, 1.165) is 13.0 Å². The lowest BCUT2D eigenvalue weighted by atomic mass is 10.2. The van der Waals surface area contributed by atoms with Crippen LogP contribution >= 0.6 is 0 Å². The smallest absolute Gasteiger partial charge is 0.257 e. The highest BCUT2D eigenvalue weighted by Crippen LogP contribution is 2.25. The molecule has 1 aliphatic heterocycles. The molecule has 0 aliphatic carbocycles. The monoisotopic (exact) mass is 286 g/mol. The first-order valence-electron chi connectivity index (χ1n) is 7.16. The quantitative estimate of drug-likeness (QED) is 0.859. The Balaban J connectivity index is 1.75. The van der Waals surface area contributed by atoms with Crippen LogP contribution in [0.3, 0.4) is 0 Å². The summed E-state index contributed by atoms with van der Waals surface area (Å²) < 4.78 is 7.36. The van der Waals surface area contributed by atoms with Crippen molar-refractivity contribution in [2.24, 2.45) is 0 Å². The summed E-state index contributed by atoms with van der Waals surface area (Å²) in [5, 5.41) is 7.84. The van der Waals surface area contributed by atoms with E-state index in [1.54, 1.807) is 6.20 Å². The Morgan fingerprint density at radius 2 is 2.29 bits per heavy atom. The number of carbonyl (C=O) groups excluding carboxylic acids is 1. The van der Waals surface area contributed by atoms with Crippen LogP contribution in [0.2, 0.25) is 0 Å². The largest absolute Gasteiger partial charge is 0.493 e. The van der Waals surface area contributed by atoms with Gasteiger partial charge < -0.3 is 9.64 Å². The van der Waals surface area contributed by atoms with Crippen LogP contribution in [0.1, 0.15) is 29.7 Å². The lowest BCUT2D eigenvalue weighted by Crippen LogP contribution is -2.29. The van der Waals surface area contributed by atoms with Gasteiger partial charge in [-0.2, -0.15) is 0 Å². The average Bonchev–Trinajstić information content (AvgIpc) is 3.18. The van der Waals surface area contributed by atoms with Crippen molar-refractivity contribution in [3.8, 4) is 5.75 Å². The summed E-state index contributed by atoms with van der Waals surface area (Å²) in [4.78, 5) is 14.5. The number of carbonyl (C=O) groups is 1. The first kappa shape index (κ1) is 13.6. The van der Waals surface area contributed by atoms with Gasteiger partial charge in [0.1, 0.15) is 5.75 Å². The zero-order valence-corrected chi connectivity index (χ0v) is 12.0. The van der Waals surface area contributed by atoms with E-state index in [9.17, 15) is 4.79 Å². The second kappa shape index (κ2) is 5.95. The molecule has 1 fully saturated rings. The minimum absolute atomic E-state index is 0.0154. The first-order valence-corrected chi connectivity index (χ1v) is 7.16. The van der Waals surface area contributed by atoms with Gasteiger partial charge in [-0.15, -0.1) is 5.10 Å². The fourth-order valence-corrected chi connectivity index (χ4v) is 2.65.